The van der Waals surface area contributed by atoms with Gasteiger partial charge in [0.15, 0.2) is 17.1 Å². The van der Waals surface area contributed by atoms with Gasteiger partial charge in [0, 0.05) is 69.0 Å². The molecule has 1 saturated heterocycles. The Morgan fingerprint density at radius 1 is 1.04 bits per heavy atom. The van der Waals surface area contributed by atoms with E-state index in [1.807, 2.05) is 0 Å². The minimum Gasteiger partial charge on any atom is -0.383 e. The highest BCUT2D eigenvalue weighted by atomic mass is 32.2. The van der Waals surface area contributed by atoms with E-state index in [2.05, 4.69) is 4.74 Å². The second kappa shape index (κ2) is 16.7. The fourth-order valence-electron chi connectivity index (χ4n) is 5.47. The number of hydrogen-bond donors (Lipinski definition) is 0. The summed E-state index contributed by atoms with van der Waals surface area (Å²) in [5, 5.41) is -0.587. The molecule has 53 heavy (non-hydrogen) atoms. The van der Waals surface area contributed by atoms with E-state index in [1.54, 1.807) is 0 Å². The zero-order valence-corrected chi connectivity index (χ0v) is 28.5. The maximum atomic E-state index is 15.4. The largest absolute Gasteiger partial charge is 0.416 e. The Kier molecular flexibility index (Phi) is 7.32. The number of aromatic nitrogens is 1. The summed E-state index contributed by atoms with van der Waals surface area (Å²) in [6, 6.07) is 10.5. The molecule has 1 fully saturated rings. The molecule has 5 aromatic rings. The molecule has 2 heterocycles. The van der Waals surface area contributed by atoms with Gasteiger partial charge in [0.05, 0.1) is 35.6 Å². The molecule has 0 bridgehead atoms. The summed E-state index contributed by atoms with van der Waals surface area (Å²) in [4.78, 5) is 28.9. The van der Waals surface area contributed by atoms with Gasteiger partial charge in [-0.1, -0.05) is 60.7 Å². The zero-order valence-electron chi connectivity index (χ0n) is 42.7. The normalized spacial score (nSPS) is 24.5. The first-order chi connectivity index (χ1) is 31.1. The van der Waals surface area contributed by atoms with Gasteiger partial charge in [0.25, 0.3) is 0 Å². The second-order valence-electron chi connectivity index (χ2n) is 11.5. The van der Waals surface area contributed by atoms with Crippen molar-refractivity contribution in [2.45, 2.75) is 55.2 Å². The number of nitrogens with zero attached hydrogens (tertiary/aromatic N) is 3. The highest BCUT2D eigenvalue weighted by Gasteiger charge is 2.33. The van der Waals surface area contributed by atoms with Gasteiger partial charge >= 0.3 is 6.18 Å². The van der Waals surface area contributed by atoms with E-state index >= 15 is 9.18 Å². The van der Waals surface area contributed by atoms with Crippen molar-refractivity contribution in [1.29, 1.82) is 0 Å². The number of rotatable bonds is 12. The predicted molar refractivity (Wildman–Crippen MR) is 198 cm³/mol. The summed E-state index contributed by atoms with van der Waals surface area (Å²) in [6.45, 7) is -10.2. The first kappa shape index (κ1) is 23.3. The number of benzene rings is 4. The van der Waals surface area contributed by atoms with E-state index in [9.17, 15) is 30.6 Å². The molecule has 4 aromatic carbocycles. The van der Waals surface area contributed by atoms with Gasteiger partial charge < -0.3 is 19.1 Å². The summed E-state index contributed by atoms with van der Waals surface area (Å²) < 4.78 is 207. The van der Waals surface area contributed by atoms with E-state index in [0.29, 0.717) is 0 Å². The van der Waals surface area contributed by atoms with Crippen LogP contribution in [0.1, 0.15) is 62.9 Å². The summed E-state index contributed by atoms with van der Waals surface area (Å²) in [6.07, 6.45) is -12.9. The Labute approximate surface area is 330 Å². The molecule has 0 aliphatic carbocycles. The lowest BCUT2D eigenvalue weighted by Gasteiger charge is -2.42. The second-order valence-corrected chi connectivity index (χ2v) is 12.4. The average Bonchev–Trinajstić information content (AvgIpc) is 3.23. The molecule has 0 spiro atoms. The molecule has 1 atom stereocenters. The van der Waals surface area contributed by atoms with Crippen LogP contribution >= 0.6 is 11.8 Å². The molecule has 0 radical (unpaired) electrons. The first-order valence-corrected chi connectivity index (χ1v) is 16.7. The Hall–Kier alpha value is -4.52. The van der Waals surface area contributed by atoms with Crippen molar-refractivity contribution in [3.8, 4) is 11.1 Å². The molecule has 278 valence electrons. The monoisotopic (exact) mass is 764 g/mol. The number of hydrogen-bond acceptors (Lipinski definition) is 5. The molecular weight excluding hydrogens is 710 g/mol. The van der Waals surface area contributed by atoms with Gasteiger partial charge in [-0.15, -0.1) is 11.8 Å². The van der Waals surface area contributed by atoms with E-state index in [0.717, 1.165) is 72.2 Å². The van der Waals surface area contributed by atoms with Gasteiger partial charge in [0.2, 0.25) is 5.91 Å². The highest BCUT2D eigenvalue weighted by Crippen LogP contribution is 2.34. The standard InChI is InChI=1S/C41H40F5N3O3S/c1-27(28-10-12-29(13-11-28)30-14-16-32(17-15-30)41(44,45)46)49(33-18-20-47(21-19-33)22-23-52-2)38(51)25-48-36-9-4-3-7-34(36)37(50)24-39(48)53-26-31-6-5-8-35(42)40(31)43/h3-17,24,27,33H,18-23,25-26H2,1-2H3/i2D3,18D2,19D2,20D2,21D2,26D2,27D,33D. The Bertz CT molecular complexity index is 2750. The molecule has 12 heteroatoms. The van der Waals surface area contributed by atoms with Crippen molar-refractivity contribution in [3.63, 3.8) is 0 Å². The Morgan fingerprint density at radius 2 is 1.72 bits per heavy atom. The number of likely N-dealkylation sites (tertiary alicyclic amines) is 1. The van der Waals surface area contributed by atoms with E-state index in [1.165, 1.54) is 36.4 Å². The van der Waals surface area contributed by atoms with Crippen molar-refractivity contribution >= 4 is 28.6 Å². The third-order valence-electron chi connectivity index (χ3n) is 8.18. The SMILES string of the molecule is [2H]C([2H])([2H])OCCN1C([2H])([2H])C([2H])([2H])C([2H])(N(C(=O)Cn2c(SC([2H])([2H])c3cccc(F)c3F)cc(=O)c3ccccc32)C([2H])(C)c2ccc(-c3ccc(C(F)(F)F)cc3)cc2)C([2H])([2H])C1([2H])[2H]. The van der Waals surface area contributed by atoms with E-state index in [-0.39, 0.29) is 49.2 Å². The molecule has 6 rings (SSSR count). The van der Waals surface area contributed by atoms with Gasteiger partial charge in [-0.05, 0) is 66.7 Å². The Morgan fingerprint density at radius 3 is 2.40 bits per heavy atom. The molecule has 1 amide bonds. The predicted octanol–water partition coefficient (Wildman–Crippen LogP) is 8.96. The number of alkyl halides is 3. The van der Waals surface area contributed by atoms with Crippen LogP contribution in [0.5, 0.6) is 0 Å². The molecule has 1 aliphatic heterocycles. The van der Waals surface area contributed by atoms with Gasteiger partial charge in [-0.3, -0.25) is 9.59 Å². The maximum Gasteiger partial charge on any atom is 0.416 e. The fourth-order valence-corrected chi connectivity index (χ4v) is 6.28. The van der Waals surface area contributed by atoms with Crippen LogP contribution < -0.4 is 5.43 Å². The van der Waals surface area contributed by atoms with E-state index < -0.39 is 116 Å². The highest BCUT2D eigenvalue weighted by molar-refractivity contribution is 7.98. The average molecular weight is 765 g/mol. The van der Waals surface area contributed by atoms with Crippen LogP contribution in [-0.4, -0.2) is 59.5 Å². The van der Waals surface area contributed by atoms with Crippen LogP contribution in [0.3, 0.4) is 0 Å². The number of piperidine rings is 1. The summed E-state index contributed by atoms with van der Waals surface area (Å²) in [5.74, 6) is -4.64. The summed E-state index contributed by atoms with van der Waals surface area (Å²) in [5.41, 5.74) is -5.50. The molecule has 0 N–H and O–H groups in total. The van der Waals surface area contributed by atoms with Crippen LogP contribution in [0.15, 0.2) is 107 Å². The number of methoxy groups -OCH3 is 1. The maximum absolute atomic E-state index is 15.4. The van der Waals surface area contributed by atoms with Crippen molar-refractivity contribution in [3.05, 3.63) is 136 Å². The number of amides is 1. The molecule has 1 aliphatic rings. The molecule has 1 aromatic heterocycles. The quantitative estimate of drug-likeness (QED) is 0.0939. The molecule has 1 unspecified atom stereocenters. The minimum atomic E-state index is -4.66. The van der Waals surface area contributed by atoms with Crippen molar-refractivity contribution in [2.75, 3.05) is 33.2 Å². The smallest absolute Gasteiger partial charge is 0.383 e. The lowest BCUT2D eigenvalue weighted by Crippen LogP contribution is -2.49. The lowest BCUT2D eigenvalue weighted by atomic mass is 9.96. The minimum absolute atomic E-state index is 0.0265. The van der Waals surface area contributed by atoms with Crippen molar-refractivity contribution in [1.82, 2.24) is 14.4 Å². The van der Waals surface area contributed by atoms with Crippen molar-refractivity contribution < 1.29 is 52.0 Å². The molecule has 0 saturated carbocycles. The van der Waals surface area contributed by atoms with Crippen molar-refractivity contribution in [2.24, 2.45) is 0 Å². The fraction of sp³-hybridized carbons (Fsp3) is 0.317. The number of para-hydroxylation sites is 1. The number of carbonyl (C=O) groups excluding carboxylic acids is 1. The lowest BCUT2D eigenvalue weighted by molar-refractivity contribution is -0.138. The van der Waals surface area contributed by atoms with Crippen LogP contribution in [0.25, 0.3) is 22.0 Å². The number of pyridine rings is 1. The van der Waals surface area contributed by atoms with Crippen LogP contribution in [0, 0.1) is 11.6 Å². The number of fused-ring (bicyclic) bond motifs is 1. The number of ether oxygens (including phenoxy) is 1. The molecule has 6 nitrogen and oxygen atoms in total. The topological polar surface area (TPSA) is 54.8 Å². The first-order valence-electron chi connectivity index (χ1n) is 23.3. The summed E-state index contributed by atoms with van der Waals surface area (Å²) >= 11 is 0.116. The third kappa shape index (κ3) is 8.83. The zero-order chi connectivity index (χ0) is 51.0. The number of carbonyl (C=O) groups is 1. The Balaban J connectivity index is 1.57. The summed E-state index contributed by atoms with van der Waals surface area (Å²) in [7, 11) is -3.11. The number of thioether (sulfide) groups is 1. The third-order valence-corrected chi connectivity index (χ3v) is 9.05. The van der Waals surface area contributed by atoms with Gasteiger partial charge in [-0.2, -0.15) is 13.2 Å². The van der Waals surface area contributed by atoms with Crippen LogP contribution in [0.2, 0.25) is 0 Å². The van der Waals surface area contributed by atoms with E-state index in [4.69, 9.17) is 12.3 Å². The van der Waals surface area contributed by atoms with Crippen LogP contribution in [0.4, 0.5) is 22.0 Å². The number of halogens is 5. The van der Waals surface area contributed by atoms with Crippen LogP contribution in [-0.2, 0) is 28.0 Å². The molecular formula is C41H40F5N3O3S. The van der Waals surface area contributed by atoms with Gasteiger partial charge in [0.1, 0.15) is 6.54 Å². The van der Waals surface area contributed by atoms with Gasteiger partial charge in [-0.25, -0.2) is 8.78 Å².